The second kappa shape index (κ2) is 5.68. The summed E-state index contributed by atoms with van der Waals surface area (Å²) in [6, 6.07) is 11.3. The molecule has 0 aliphatic rings. The predicted octanol–water partition coefficient (Wildman–Crippen LogP) is 3.38. The Morgan fingerprint density at radius 3 is 2.55 bits per heavy atom. The van der Waals surface area contributed by atoms with Crippen molar-refractivity contribution in [3.63, 3.8) is 0 Å². The van der Waals surface area contributed by atoms with Gasteiger partial charge in [-0.3, -0.25) is 0 Å². The minimum Gasteiger partial charge on any atom is -0.464 e. The molecular formula is C15H12N2O2S. The first-order valence-electron chi connectivity index (χ1n) is 5.89. The van der Waals surface area contributed by atoms with E-state index in [1.54, 1.807) is 6.07 Å². The average molecular weight is 284 g/mol. The van der Waals surface area contributed by atoms with Gasteiger partial charge in [0.1, 0.15) is 16.4 Å². The van der Waals surface area contributed by atoms with Crippen LogP contribution in [0.4, 0.5) is 0 Å². The molecule has 0 aliphatic heterocycles. The first-order valence-corrected chi connectivity index (χ1v) is 6.30. The van der Waals surface area contributed by atoms with E-state index in [1.165, 1.54) is 7.11 Å². The predicted molar refractivity (Wildman–Crippen MR) is 77.9 cm³/mol. The number of pyridine rings is 1. The van der Waals surface area contributed by atoms with Crippen molar-refractivity contribution in [1.82, 2.24) is 4.98 Å². The maximum atomic E-state index is 11.6. The molecule has 1 N–H and O–H groups in total. The van der Waals surface area contributed by atoms with Gasteiger partial charge in [0.2, 0.25) is 0 Å². The third kappa shape index (κ3) is 2.60. The zero-order valence-corrected chi connectivity index (χ0v) is 11.9. The Morgan fingerprint density at radius 1 is 1.35 bits per heavy atom. The Balaban J connectivity index is 2.70. The maximum absolute atomic E-state index is 11.6. The van der Waals surface area contributed by atoms with Gasteiger partial charge in [-0.05, 0) is 18.6 Å². The summed E-state index contributed by atoms with van der Waals surface area (Å²) >= 11 is 5.13. The molecule has 0 saturated carbocycles. The molecule has 0 radical (unpaired) electrons. The quantitative estimate of drug-likeness (QED) is 0.678. The van der Waals surface area contributed by atoms with Crippen LogP contribution in [0.5, 0.6) is 0 Å². The van der Waals surface area contributed by atoms with Crippen LogP contribution >= 0.6 is 12.2 Å². The number of ether oxygens (including phenoxy) is 1. The van der Waals surface area contributed by atoms with E-state index in [9.17, 15) is 10.1 Å². The number of rotatable bonds is 2. The van der Waals surface area contributed by atoms with Crippen LogP contribution in [0.25, 0.3) is 11.1 Å². The highest BCUT2D eigenvalue weighted by molar-refractivity contribution is 7.71. The number of aromatic nitrogens is 1. The van der Waals surface area contributed by atoms with Crippen molar-refractivity contribution in [1.29, 1.82) is 5.26 Å². The lowest BCUT2D eigenvalue weighted by Gasteiger charge is -2.08. The number of nitriles is 1. The molecule has 1 aromatic heterocycles. The van der Waals surface area contributed by atoms with Gasteiger partial charge in [0.15, 0.2) is 0 Å². The Morgan fingerprint density at radius 2 is 2.00 bits per heavy atom. The van der Waals surface area contributed by atoms with Crippen LogP contribution in [-0.4, -0.2) is 18.1 Å². The molecule has 4 nitrogen and oxygen atoms in total. The second-order valence-electron chi connectivity index (χ2n) is 4.27. The lowest BCUT2D eigenvalue weighted by Crippen LogP contribution is -2.06. The monoisotopic (exact) mass is 284 g/mol. The van der Waals surface area contributed by atoms with Crippen LogP contribution in [0.3, 0.4) is 0 Å². The summed E-state index contributed by atoms with van der Waals surface area (Å²) in [7, 11) is 1.29. The number of hydrogen-bond acceptors (Lipinski definition) is 4. The number of H-pyrrole nitrogens is 1. The minimum absolute atomic E-state index is 0.228. The lowest BCUT2D eigenvalue weighted by atomic mass is 10.00. The van der Waals surface area contributed by atoms with Crippen LogP contribution in [0.1, 0.15) is 21.6 Å². The number of aromatic amines is 1. The molecule has 0 amide bonds. The first kappa shape index (κ1) is 14.0. The van der Waals surface area contributed by atoms with Crippen molar-refractivity contribution in [2.75, 3.05) is 7.11 Å². The number of esters is 1. The largest absolute Gasteiger partial charge is 0.464 e. The Bertz CT molecular complexity index is 755. The molecule has 100 valence electrons. The number of carbonyl (C=O) groups is 1. The topological polar surface area (TPSA) is 65.9 Å². The van der Waals surface area contributed by atoms with E-state index < -0.39 is 5.97 Å². The van der Waals surface area contributed by atoms with Gasteiger partial charge >= 0.3 is 5.97 Å². The number of carbonyl (C=O) groups excluding carboxylic acids is 1. The highest BCUT2D eigenvalue weighted by Crippen LogP contribution is 2.25. The molecule has 0 atom stereocenters. The van der Waals surface area contributed by atoms with E-state index in [2.05, 4.69) is 15.8 Å². The van der Waals surface area contributed by atoms with Crippen molar-refractivity contribution >= 4 is 18.2 Å². The zero-order valence-electron chi connectivity index (χ0n) is 11.1. The fraction of sp³-hybridized carbons (Fsp3) is 0.133. The molecule has 5 heteroatoms. The van der Waals surface area contributed by atoms with Crippen LogP contribution < -0.4 is 0 Å². The summed E-state index contributed by atoms with van der Waals surface area (Å²) < 4.78 is 4.90. The molecule has 0 spiro atoms. The number of nitrogens with one attached hydrogen (secondary N) is 1. The Kier molecular flexibility index (Phi) is 3.97. The standard InChI is InChI=1S/C15H12N2O2S/c1-9-3-5-10(6-4-9)11-7-13(15(18)19-2)17-14(20)12(11)8-16/h3-7H,1-2H3,(H,17,20). The average Bonchev–Trinajstić information content (AvgIpc) is 2.46. The van der Waals surface area contributed by atoms with Gasteiger partial charge in [-0.25, -0.2) is 4.79 Å². The van der Waals surface area contributed by atoms with E-state index in [4.69, 9.17) is 12.2 Å². The molecule has 1 heterocycles. The summed E-state index contributed by atoms with van der Waals surface area (Å²) in [5.74, 6) is -0.519. The minimum atomic E-state index is -0.519. The lowest BCUT2D eigenvalue weighted by molar-refractivity contribution is 0.0594. The second-order valence-corrected chi connectivity index (χ2v) is 4.68. The fourth-order valence-electron chi connectivity index (χ4n) is 1.85. The summed E-state index contributed by atoms with van der Waals surface area (Å²) in [6.07, 6.45) is 0. The van der Waals surface area contributed by atoms with Gasteiger partial charge in [-0.15, -0.1) is 0 Å². The van der Waals surface area contributed by atoms with Crippen LogP contribution in [0.2, 0.25) is 0 Å². The highest BCUT2D eigenvalue weighted by Gasteiger charge is 2.13. The van der Waals surface area contributed by atoms with Crippen molar-refractivity contribution in [2.24, 2.45) is 0 Å². The van der Waals surface area contributed by atoms with Crippen LogP contribution in [0, 0.1) is 22.9 Å². The van der Waals surface area contributed by atoms with E-state index >= 15 is 0 Å². The van der Waals surface area contributed by atoms with E-state index in [0.717, 1.165) is 11.1 Å². The fourth-order valence-corrected chi connectivity index (χ4v) is 2.12. The van der Waals surface area contributed by atoms with Gasteiger partial charge in [0.05, 0.1) is 12.7 Å². The van der Waals surface area contributed by atoms with Crippen LogP contribution in [-0.2, 0) is 4.74 Å². The van der Waals surface area contributed by atoms with Crippen molar-refractivity contribution in [2.45, 2.75) is 6.92 Å². The van der Waals surface area contributed by atoms with Gasteiger partial charge in [0, 0.05) is 5.56 Å². The number of benzene rings is 1. The van der Waals surface area contributed by atoms with Gasteiger partial charge < -0.3 is 9.72 Å². The van der Waals surface area contributed by atoms with Crippen molar-refractivity contribution < 1.29 is 9.53 Å². The number of hydrogen-bond donors (Lipinski definition) is 1. The third-order valence-electron chi connectivity index (χ3n) is 2.91. The first-order chi connectivity index (χ1) is 9.56. The number of nitrogens with zero attached hydrogens (tertiary/aromatic N) is 1. The number of methoxy groups -OCH3 is 1. The SMILES string of the molecule is COC(=O)c1cc(-c2ccc(C)cc2)c(C#N)c(=S)[nH]1. The van der Waals surface area contributed by atoms with Crippen molar-refractivity contribution in [3.05, 3.63) is 51.8 Å². The highest BCUT2D eigenvalue weighted by atomic mass is 32.1. The maximum Gasteiger partial charge on any atom is 0.354 e. The molecule has 0 fully saturated rings. The molecule has 0 bridgehead atoms. The Labute approximate surface area is 121 Å². The summed E-state index contributed by atoms with van der Waals surface area (Å²) in [5.41, 5.74) is 3.14. The zero-order chi connectivity index (χ0) is 14.7. The Hall–Kier alpha value is -2.45. The summed E-state index contributed by atoms with van der Waals surface area (Å²) in [4.78, 5) is 14.3. The molecule has 0 unspecified atom stereocenters. The van der Waals surface area contributed by atoms with Gasteiger partial charge in [-0.1, -0.05) is 42.0 Å². The molecular weight excluding hydrogens is 272 g/mol. The van der Waals surface area contributed by atoms with E-state index in [0.29, 0.717) is 11.1 Å². The normalized spacial score (nSPS) is 9.85. The van der Waals surface area contributed by atoms with Crippen molar-refractivity contribution in [3.8, 4) is 17.2 Å². The third-order valence-corrected chi connectivity index (χ3v) is 3.22. The summed E-state index contributed by atoms with van der Waals surface area (Å²) in [5, 5.41) is 9.25. The molecule has 2 rings (SSSR count). The molecule has 0 aliphatic carbocycles. The van der Waals surface area contributed by atoms with Crippen LogP contribution in [0.15, 0.2) is 30.3 Å². The molecule has 20 heavy (non-hydrogen) atoms. The van der Waals surface area contributed by atoms with E-state index in [1.807, 2.05) is 31.2 Å². The number of aryl methyl sites for hydroxylation is 1. The van der Waals surface area contributed by atoms with E-state index in [-0.39, 0.29) is 10.3 Å². The summed E-state index contributed by atoms with van der Waals surface area (Å²) in [6.45, 7) is 1.98. The van der Waals surface area contributed by atoms with Gasteiger partial charge in [0.25, 0.3) is 0 Å². The molecule has 1 aromatic carbocycles. The molecule has 0 saturated heterocycles. The molecule has 2 aromatic rings. The smallest absolute Gasteiger partial charge is 0.354 e. The van der Waals surface area contributed by atoms with Gasteiger partial charge in [-0.2, -0.15) is 5.26 Å².